The van der Waals surface area contributed by atoms with Crippen molar-refractivity contribution in [3.05, 3.63) is 53.5 Å². The summed E-state index contributed by atoms with van der Waals surface area (Å²) in [5.41, 5.74) is 2.58. The van der Waals surface area contributed by atoms with Gasteiger partial charge in [-0.3, -0.25) is 9.89 Å². The monoisotopic (exact) mass is 354 g/mol. The number of para-hydroxylation sites is 1. The SMILES string of the molecule is CC(C)(C)c1cc(C(=O)NC(Cc2c[nH]c3ccccc23)C(=O)O)n[nH]1. The Morgan fingerprint density at radius 2 is 2.00 bits per heavy atom. The second-order valence-electron chi connectivity index (χ2n) is 7.34. The predicted molar refractivity (Wildman–Crippen MR) is 98.2 cm³/mol. The van der Waals surface area contributed by atoms with E-state index in [-0.39, 0.29) is 17.5 Å². The number of nitrogens with one attached hydrogen (secondary N) is 3. The number of hydrogen-bond acceptors (Lipinski definition) is 3. The molecule has 0 saturated heterocycles. The summed E-state index contributed by atoms with van der Waals surface area (Å²) in [6.07, 6.45) is 1.96. The molecule has 1 amide bonds. The molecule has 4 N–H and O–H groups in total. The molecule has 0 saturated carbocycles. The van der Waals surface area contributed by atoms with Crippen LogP contribution < -0.4 is 5.32 Å². The van der Waals surface area contributed by atoms with Gasteiger partial charge < -0.3 is 15.4 Å². The van der Waals surface area contributed by atoms with Gasteiger partial charge in [0.05, 0.1) is 0 Å². The van der Waals surface area contributed by atoms with E-state index in [4.69, 9.17) is 0 Å². The van der Waals surface area contributed by atoms with Gasteiger partial charge in [0.15, 0.2) is 0 Å². The zero-order valence-corrected chi connectivity index (χ0v) is 15.0. The van der Waals surface area contributed by atoms with Crippen molar-refractivity contribution in [1.82, 2.24) is 20.5 Å². The van der Waals surface area contributed by atoms with E-state index in [0.717, 1.165) is 22.2 Å². The lowest BCUT2D eigenvalue weighted by molar-refractivity contribution is -0.139. The minimum atomic E-state index is -1.09. The smallest absolute Gasteiger partial charge is 0.326 e. The molecule has 0 bridgehead atoms. The summed E-state index contributed by atoms with van der Waals surface area (Å²) >= 11 is 0. The van der Waals surface area contributed by atoms with Crippen LogP contribution in [-0.4, -0.2) is 38.2 Å². The van der Waals surface area contributed by atoms with Crippen LogP contribution in [0.4, 0.5) is 0 Å². The summed E-state index contributed by atoms with van der Waals surface area (Å²) in [6, 6.07) is 8.25. The molecule has 0 aliphatic carbocycles. The Hall–Kier alpha value is -3.09. The van der Waals surface area contributed by atoms with Crippen LogP contribution >= 0.6 is 0 Å². The molecule has 1 atom stereocenters. The first-order chi connectivity index (χ1) is 12.3. The maximum absolute atomic E-state index is 12.4. The molecular formula is C19H22N4O3. The van der Waals surface area contributed by atoms with E-state index in [2.05, 4.69) is 20.5 Å². The zero-order chi connectivity index (χ0) is 18.9. The number of carbonyl (C=O) groups excluding carboxylic acids is 1. The molecular weight excluding hydrogens is 332 g/mol. The third kappa shape index (κ3) is 3.61. The fourth-order valence-corrected chi connectivity index (χ4v) is 2.77. The van der Waals surface area contributed by atoms with Gasteiger partial charge in [-0.15, -0.1) is 0 Å². The average molecular weight is 354 g/mol. The summed E-state index contributed by atoms with van der Waals surface area (Å²) in [6.45, 7) is 6.00. The van der Waals surface area contributed by atoms with Gasteiger partial charge in [-0.1, -0.05) is 39.0 Å². The van der Waals surface area contributed by atoms with Crippen molar-refractivity contribution >= 4 is 22.8 Å². The first-order valence-electron chi connectivity index (χ1n) is 8.40. The molecule has 3 rings (SSSR count). The lowest BCUT2D eigenvalue weighted by Gasteiger charge is -2.15. The van der Waals surface area contributed by atoms with Gasteiger partial charge in [0, 0.05) is 34.6 Å². The molecule has 2 heterocycles. The fourth-order valence-electron chi connectivity index (χ4n) is 2.77. The highest BCUT2D eigenvalue weighted by atomic mass is 16.4. The number of carbonyl (C=O) groups is 2. The molecule has 0 fully saturated rings. The van der Waals surface area contributed by atoms with Crippen molar-refractivity contribution in [3.8, 4) is 0 Å². The van der Waals surface area contributed by atoms with E-state index in [9.17, 15) is 14.7 Å². The van der Waals surface area contributed by atoms with Crippen LogP contribution in [0.25, 0.3) is 10.9 Å². The number of rotatable bonds is 5. The lowest BCUT2D eigenvalue weighted by Crippen LogP contribution is -2.42. The van der Waals surface area contributed by atoms with Crippen molar-refractivity contribution < 1.29 is 14.7 Å². The summed E-state index contributed by atoms with van der Waals surface area (Å²) in [5.74, 6) is -1.60. The maximum Gasteiger partial charge on any atom is 0.326 e. The molecule has 0 radical (unpaired) electrons. The van der Waals surface area contributed by atoms with E-state index in [1.807, 2.05) is 45.0 Å². The largest absolute Gasteiger partial charge is 0.480 e. The van der Waals surface area contributed by atoms with Crippen LogP contribution in [0.3, 0.4) is 0 Å². The first kappa shape index (κ1) is 17.7. The molecule has 0 aliphatic rings. The number of aliphatic carboxylic acids is 1. The fraction of sp³-hybridized carbons (Fsp3) is 0.316. The molecule has 0 aliphatic heterocycles. The Balaban J connectivity index is 1.77. The Labute approximate surface area is 150 Å². The average Bonchev–Trinajstić information content (AvgIpc) is 3.21. The highest BCUT2D eigenvalue weighted by Crippen LogP contribution is 2.21. The van der Waals surface area contributed by atoms with Gasteiger partial charge in [-0.05, 0) is 17.7 Å². The highest BCUT2D eigenvalue weighted by Gasteiger charge is 2.25. The van der Waals surface area contributed by atoms with E-state index in [0.29, 0.717) is 0 Å². The van der Waals surface area contributed by atoms with Gasteiger partial charge in [-0.2, -0.15) is 5.10 Å². The van der Waals surface area contributed by atoms with E-state index < -0.39 is 17.9 Å². The molecule has 7 heteroatoms. The lowest BCUT2D eigenvalue weighted by atomic mass is 9.92. The van der Waals surface area contributed by atoms with Crippen LogP contribution in [0.2, 0.25) is 0 Å². The topological polar surface area (TPSA) is 111 Å². The normalized spacial score (nSPS) is 12.9. The number of carboxylic acid groups (broad SMARTS) is 1. The number of fused-ring (bicyclic) bond motifs is 1. The second-order valence-corrected chi connectivity index (χ2v) is 7.34. The predicted octanol–water partition coefficient (Wildman–Crippen LogP) is 2.61. The van der Waals surface area contributed by atoms with Gasteiger partial charge in [0.25, 0.3) is 5.91 Å². The number of nitrogens with zero attached hydrogens (tertiary/aromatic N) is 1. The van der Waals surface area contributed by atoms with E-state index in [1.165, 1.54) is 0 Å². The van der Waals surface area contributed by atoms with Gasteiger partial charge in [0.1, 0.15) is 11.7 Å². The maximum atomic E-state index is 12.4. The van der Waals surface area contributed by atoms with Crippen molar-refractivity contribution in [2.24, 2.45) is 0 Å². The molecule has 7 nitrogen and oxygen atoms in total. The van der Waals surface area contributed by atoms with Gasteiger partial charge >= 0.3 is 5.97 Å². The number of amides is 1. The number of aromatic nitrogens is 3. The Bertz CT molecular complexity index is 949. The van der Waals surface area contributed by atoms with E-state index in [1.54, 1.807) is 12.3 Å². The Kier molecular flexibility index (Phi) is 4.54. The zero-order valence-electron chi connectivity index (χ0n) is 15.0. The number of carboxylic acids is 1. The first-order valence-corrected chi connectivity index (χ1v) is 8.40. The highest BCUT2D eigenvalue weighted by molar-refractivity contribution is 5.95. The quantitative estimate of drug-likeness (QED) is 0.564. The molecule has 26 heavy (non-hydrogen) atoms. The van der Waals surface area contributed by atoms with Crippen LogP contribution in [0.15, 0.2) is 36.5 Å². The van der Waals surface area contributed by atoms with Crippen molar-refractivity contribution in [2.75, 3.05) is 0 Å². The number of H-pyrrole nitrogens is 2. The van der Waals surface area contributed by atoms with E-state index >= 15 is 0 Å². The molecule has 0 spiro atoms. The summed E-state index contributed by atoms with van der Waals surface area (Å²) in [7, 11) is 0. The Morgan fingerprint density at radius 3 is 2.65 bits per heavy atom. The third-order valence-electron chi connectivity index (χ3n) is 4.32. The minimum absolute atomic E-state index is 0.179. The van der Waals surface area contributed by atoms with Crippen LogP contribution in [0, 0.1) is 0 Å². The van der Waals surface area contributed by atoms with Crippen molar-refractivity contribution in [2.45, 2.75) is 38.6 Å². The van der Waals surface area contributed by atoms with Crippen LogP contribution in [0.1, 0.15) is 42.5 Å². The number of hydrogen-bond donors (Lipinski definition) is 4. The summed E-state index contributed by atoms with van der Waals surface area (Å²) in [5, 5.41) is 19.9. The minimum Gasteiger partial charge on any atom is -0.480 e. The summed E-state index contributed by atoms with van der Waals surface area (Å²) < 4.78 is 0. The standard InChI is InChI=1S/C19H22N4O3/c1-19(2,3)16-9-14(22-23-16)17(24)21-15(18(25)26)8-11-10-20-13-7-5-4-6-12(11)13/h4-7,9-10,15,20H,8H2,1-3H3,(H,21,24)(H,22,23)(H,25,26). The van der Waals surface area contributed by atoms with Crippen LogP contribution in [0.5, 0.6) is 0 Å². The molecule has 3 aromatic rings. The molecule has 136 valence electrons. The van der Waals surface area contributed by atoms with Gasteiger partial charge in [0.2, 0.25) is 0 Å². The van der Waals surface area contributed by atoms with Crippen LogP contribution in [-0.2, 0) is 16.6 Å². The summed E-state index contributed by atoms with van der Waals surface area (Å²) in [4.78, 5) is 27.2. The van der Waals surface area contributed by atoms with Crippen molar-refractivity contribution in [1.29, 1.82) is 0 Å². The number of aromatic amines is 2. The number of benzene rings is 1. The Morgan fingerprint density at radius 1 is 1.27 bits per heavy atom. The third-order valence-corrected chi connectivity index (χ3v) is 4.32. The second kappa shape index (κ2) is 6.67. The van der Waals surface area contributed by atoms with Crippen molar-refractivity contribution in [3.63, 3.8) is 0 Å². The molecule has 2 aromatic heterocycles. The van der Waals surface area contributed by atoms with Gasteiger partial charge in [-0.25, -0.2) is 4.79 Å². The molecule has 1 unspecified atom stereocenters. The molecule has 1 aromatic carbocycles.